The maximum Gasteiger partial charge on any atom is 0.315 e. The second-order valence-corrected chi connectivity index (χ2v) is 7.31. The largest absolute Gasteiger partial charge is 0.481 e. The minimum Gasteiger partial charge on any atom is -0.481 e. The highest BCUT2D eigenvalue weighted by molar-refractivity contribution is 5.77. The highest BCUT2D eigenvalue weighted by Gasteiger charge is 2.19. The molecule has 0 aromatic heterocycles. The molecule has 3 amide bonds. The lowest BCUT2D eigenvalue weighted by molar-refractivity contribution is -0.142. The molecule has 1 atom stereocenters. The molecule has 0 aromatic rings. The van der Waals surface area contributed by atoms with Gasteiger partial charge in [-0.15, -0.1) is 0 Å². The normalized spacial score (nSPS) is 16.3. The summed E-state index contributed by atoms with van der Waals surface area (Å²) >= 11 is 0. The van der Waals surface area contributed by atoms with Crippen LogP contribution >= 0.6 is 0 Å². The number of amides is 3. The summed E-state index contributed by atoms with van der Waals surface area (Å²) in [5.74, 6) is -1.34. The lowest BCUT2D eigenvalue weighted by atomic mass is 9.96. The number of carboxylic acids is 1. The van der Waals surface area contributed by atoms with E-state index in [0.717, 1.165) is 12.8 Å². The molecule has 1 fully saturated rings. The van der Waals surface area contributed by atoms with Crippen LogP contribution in [0.4, 0.5) is 4.79 Å². The van der Waals surface area contributed by atoms with E-state index >= 15 is 0 Å². The molecule has 1 aliphatic rings. The molecule has 7 heteroatoms. The van der Waals surface area contributed by atoms with Crippen LogP contribution in [0.1, 0.15) is 65.2 Å². The van der Waals surface area contributed by atoms with E-state index in [-0.39, 0.29) is 36.9 Å². The topological polar surface area (TPSA) is 108 Å². The predicted molar refractivity (Wildman–Crippen MR) is 96.2 cm³/mol. The van der Waals surface area contributed by atoms with Gasteiger partial charge in [0.2, 0.25) is 5.91 Å². The van der Waals surface area contributed by atoms with E-state index in [4.69, 9.17) is 5.11 Å². The second kappa shape index (κ2) is 11.7. The molecule has 0 radical (unpaired) electrons. The van der Waals surface area contributed by atoms with Crippen LogP contribution in [0, 0.1) is 11.8 Å². The van der Waals surface area contributed by atoms with Gasteiger partial charge in [-0.25, -0.2) is 4.79 Å². The Bertz CT molecular complexity index is 434. The van der Waals surface area contributed by atoms with Gasteiger partial charge in [0.1, 0.15) is 0 Å². The van der Waals surface area contributed by atoms with Crippen LogP contribution in [0.3, 0.4) is 0 Å². The predicted octanol–water partition coefficient (Wildman–Crippen LogP) is 2.26. The first kappa shape index (κ1) is 21.3. The van der Waals surface area contributed by atoms with Gasteiger partial charge in [-0.05, 0) is 31.6 Å². The van der Waals surface area contributed by atoms with E-state index in [1.54, 1.807) is 0 Å². The van der Waals surface area contributed by atoms with Crippen LogP contribution in [0.15, 0.2) is 0 Å². The van der Waals surface area contributed by atoms with E-state index in [9.17, 15) is 14.4 Å². The van der Waals surface area contributed by atoms with Crippen molar-refractivity contribution in [2.45, 2.75) is 71.3 Å². The van der Waals surface area contributed by atoms with Gasteiger partial charge < -0.3 is 21.1 Å². The number of rotatable bonds is 10. The van der Waals surface area contributed by atoms with E-state index in [0.29, 0.717) is 19.4 Å². The third-order valence-electron chi connectivity index (χ3n) is 4.46. The van der Waals surface area contributed by atoms with Crippen LogP contribution in [0.2, 0.25) is 0 Å². The Morgan fingerprint density at radius 3 is 2.36 bits per heavy atom. The lowest BCUT2D eigenvalue weighted by Gasteiger charge is -2.22. The third kappa shape index (κ3) is 9.94. The van der Waals surface area contributed by atoms with Crippen molar-refractivity contribution in [3.63, 3.8) is 0 Å². The number of aliphatic carboxylic acids is 1. The Balaban J connectivity index is 2.11. The summed E-state index contributed by atoms with van der Waals surface area (Å²) in [6, 6.07) is 0.0983. The fourth-order valence-corrected chi connectivity index (χ4v) is 3.10. The summed E-state index contributed by atoms with van der Waals surface area (Å²) in [4.78, 5) is 34.7. The second-order valence-electron chi connectivity index (χ2n) is 7.31. The van der Waals surface area contributed by atoms with E-state index in [1.165, 1.54) is 19.3 Å². The molecule has 1 rings (SSSR count). The molecule has 7 nitrogen and oxygen atoms in total. The number of hydrogen-bond acceptors (Lipinski definition) is 3. The SMILES string of the molecule is CC(C)CC(CNC(=O)CCCNC(=O)NC1CCCCC1)C(=O)O. The molecule has 0 bridgehead atoms. The Morgan fingerprint density at radius 2 is 1.76 bits per heavy atom. The number of nitrogens with one attached hydrogen (secondary N) is 3. The molecule has 1 aliphatic carbocycles. The zero-order chi connectivity index (χ0) is 18.7. The van der Waals surface area contributed by atoms with E-state index in [2.05, 4.69) is 16.0 Å². The first-order valence-corrected chi connectivity index (χ1v) is 9.42. The summed E-state index contributed by atoms with van der Waals surface area (Å²) in [5, 5.41) is 17.5. The van der Waals surface area contributed by atoms with Crippen molar-refractivity contribution >= 4 is 17.9 Å². The minimum atomic E-state index is -0.880. The Hall–Kier alpha value is -1.79. The number of carboxylic acid groups (broad SMARTS) is 1. The van der Waals surface area contributed by atoms with Gasteiger partial charge in [0.05, 0.1) is 5.92 Å². The van der Waals surface area contributed by atoms with Crippen molar-refractivity contribution in [1.82, 2.24) is 16.0 Å². The first-order chi connectivity index (χ1) is 11.9. The zero-order valence-corrected chi connectivity index (χ0v) is 15.5. The van der Waals surface area contributed by atoms with Crippen LogP contribution < -0.4 is 16.0 Å². The maximum absolute atomic E-state index is 11.8. The van der Waals surface area contributed by atoms with Crippen LogP contribution in [-0.4, -0.2) is 42.1 Å². The van der Waals surface area contributed by atoms with Gasteiger partial charge in [0, 0.05) is 25.6 Å². The van der Waals surface area contributed by atoms with Gasteiger partial charge in [0.15, 0.2) is 0 Å². The number of carbonyl (C=O) groups excluding carboxylic acids is 2. The van der Waals surface area contributed by atoms with Crippen molar-refractivity contribution in [3.05, 3.63) is 0 Å². The standard InChI is InChI=1S/C18H33N3O4/c1-13(2)11-14(17(23)24)12-20-16(22)9-6-10-19-18(25)21-15-7-4-3-5-8-15/h13-15H,3-12H2,1-2H3,(H,20,22)(H,23,24)(H2,19,21,25). The van der Waals surface area contributed by atoms with E-state index < -0.39 is 11.9 Å². The van der Waals surface area contributed by atoms with Gasteiger partial charge in [-0.1, -0.05) is 33.1 Å². The Labute approximate surface area is 150 Å². The average Bonchev–Trinajstić information content (AvgIpc) is 2.56. The number of urea groups is 1. The fraction of sp³-hybridized carbons (Fsp3) is 0.833. The molecule has 0 aliphatic heterocycles. The molecule has 25 heavy (non-hydrogen) atoms. The summed E-state index contributed by atoms with van der Waals surface area (Å²) in [6.07, 6.45) is 7.00. The van der Waals surface area contributed by atoms with Gasteiger partial charge in [0.25, 0.3) is 0 Å². The molecule has 1 unspecified atom stereocenters. The number of hydrogen-bond donors (Lipinski definition) is 4. The number of carbonyl (C=O) groups is 3. The smallest absolute Gasteiger partial charge is 0.315 e. The zero-order valence-electron chi connectivity index (χ0n) is 15.5. The fourth-order valence-electron chi connectivity index (χ4n) is 3.10. The lowest BCUT2D eigenvalue weighted by Crippen LogP contribution is -2.43. The summed E-state index contributed by atoms with van der Waals surface area (Å²) in [5.41, 5.74) is 0. The van der Waals surface area contributed by atoms with Gasteiger partial charge in [-0.3, -0.25) is 9.59 Å². The average molecular weight is 355 g/mol. The Morgan fingerprint density at radius 1 is 1.08 bits per heavy atom. The molecular weight excluding hydrogens is 322 g/mol. The summed E-state index contributed by atoms with van der Waals surface area (Å²) in [7, 11) is 0. The quantitative estimate of drug-likeness (QED) is 0.451. The third-order valence-corrected chi connectivity index (χ3v) is 4.46. The van der Waals surface area contributed by atoms with Gasteiger partial charge in [-0.2, -0.15) is 0 Å². The highest BCUT2D eigenvalue weighted by atomic mass is 16.4. The molecular formula is C18H33N3O4. The van der Waals surface area contributed by atoms with Crippen molar-refractivity contribution in [2.75, 3.05) is 13.1 Å². The monoisotopic (exact) mass is 355 g/mol. The van der Waals surface area contributed by atoms with Crippen LogP contribution in [0.5, 0.6) is 0 Å². The molecule has 0 spiro atoms. The molecule has 0 heterocycles. The summed E-state index contributed by atoms with van der Waals surface area (Å²) in [6.45, 7) is 4.51. The molecule has 0 saturated heterocycles. The minimum absolute atomic E-state index is 0.155. The van der Waals surface area contributed by atoms with E-state index in [1.807, 2.05) is 13.8 Å². The highest BCUT2D eigenvalue weighted by Crippen LogP contribution is 2.17. The van der Waals surface area contributed by atoms with Crippen molar-refractivity contribution in [1.29, 1.82) is 0 Å². The molecule has 0 aromatic carbocycles. The Kier molecular flexibility index (Phi) is 9.96. The van der Waals surface area contributed by atoms with Crippen LogP contribution in [-0.2, 0) is 9.59 Å². The molecule has 4 N–H and O–H groups in total. The first-order valence-electron chi connectivity index (χ1n) is 9.42. The van der Waals surface area contributed by atoms with Gasteiger partial charge >= 0.3 is 12.0 Å². The molecule has 144 valence electrons. The maximum atomic E-state index is 11.8. The molecule has 1 saturated carbocycles. The van der Waals surface area contributed by atoms with Crippen molar-refractivity contribution in [2.24, 2.45) is 11.8 Å². The van der Waals surface area contributed by atoms with Crippen LogP contribution in [0.25, 0.3) is 0 Å². The van der Waals surface area contributed by atoms with Crippen molar-refractivity contribution in [3.8, 4) is 0 Å². The summed E-state index contributed by atoms with van der Waals surface area (Å²) < 4.78 is 0. The van der Waals surface area contributed by atoms with Crippen molar-refractivity contribution < 1.29 is 19.5 Å².